The molecular formula is C19H25N5O4. The molecule has 28 heavy (non-hydrogen) atoms. The lowest BCUT2D eigenvalue weighted by Crippen LogP contribution is -2.47. The van der Waals surface area contributed by atoms with Crippen LogP contribution in [-0.2, 0) is 14.4 Å². The SMILES string of the molecule is Cc1ccnc(NC(=O)C2CCN(CN3C(=O)C(=O)N(C(C)C)C3=O)CC2)c1. The van der Waals surface area contributed by atoms with Gasteiger partial charge in [0.2, 0.25) is 5.91 Å². The number of piperidine rings is 1. The second kappa shape index (κ2) is 8.05. The summed E-state index contributed by atoms with van der Waals surface area (Å²) in [6.45, 7) is 6.51. The Morgan fingerprint density at radius 3 is 2.46 bits per heavy atom. The number of pyridine rings is 1. The fourth-order valence-corrected chi connectivity index (χ4v) is 3.47. The summed E-state index contributed by atoms with van der Waals surface area (Å²) in [5.74, 6) is -1.26. The third-order valence-corrected chi connectivity index (χ3v) is 5.07. The Balaban J connectivity index is 1.53. The molecule has 0 spiro atoms. The van der Waals surface area contributed by atoms with Gasteiger partial charge in [-0.25, -0.2) is 14.7 Å². The van der Waals surface area contributed by atoms with Crippen molar-refractivity contribution in [2.45, 2.75) is 39.7 Å². The lowest BCUT2D eigenvalue weighted by atomic mass is 9.96. The molecule has 2 fully saturated rings. The van der Waals surface area contributed by atoms with E-state index in [4.69, 9.17) is 0 Å². The van der Waals surface area contributed by atoms with Crippen LogP contribution in [-0.4, -0.2) is 69.2 Å². The molecule has 0 aliphatic carbocycles. The average Bonchev–Trinajstić information content (AvgIpc) is 2.85. The summed E-state index contributed by atoms with van der Waals surface area (Å²) in [6, 6.07) is 2.74. The third-order valence-electron chi connectivity index (χ3n) is 5.07. The molecule has 2 saturated heterocycles. The van der Waals surface area contributed by atoms with Gasteiger partial charge in [-0.15, -0.1) is 0 Å². The fraction of sp³-hybridized carbons (Fsp3) is 0.526. The van der Waals surface area contributed by atoms with E-state index in [1.165, 1.54) is 0 Å². The molecular weight excluding hydrogens is 362 g/mol. The minimum absolute atomic E-state index is 0.0698. The van der Waals surface area contributed by atoms with Gasteiger partial charge < -0.3 is 5.32 Å². The Kier molecular flexibility index (Phi) is 5.73. The number of aromatic nitrogens is 1. The van der Waals surface area contributed by atoms with Gasteiger partial charge in [0.25, 0.3) is 0 Å². The van der Waals surface area contributed by atoms with Gasteiger partial charge in [0.15, 0.2) is 0 Å². The van der Waals surface area contributed by atoms with Crippen LogP contribution in [0, 0.1) is 12.8 Å². The van der Waals surface area contributed by atoms with Crippen LogP contribution < -0.4 is 5.32 Å². The Labute approximate surface area is 163 Å². The molecule has 0 bridgehead atoms. The quantitative estimate of drug-likeness (QED) is 0.601. The summed E-state index contributed by atoms with van der Waals surface area (Å²) in [5, 5.41) is 2.84. The highest BCUT2D eigenvalue weighted by Gasteiger charge is 2.46. The Hall–Kier alpha value is -2.81. The number of imide groups is 2. The predicted molar refractivity (Wildman–Crippen MR) is 101 cm³/mol. The number of likely N-dealkylation sites (tertiary alicyclic amines) is 1. The molecule has 150 valence electrons. The summed E-state index contributed by atoms with van der Waals surface area (Å²) in [7, 11) is 0. The maximum atomic E-state index is 12.5. The Bertz CT molecular complexity index is 801. The molecule has 1 aromatic rings. The van der Waals surface area contributed by atoms with Crippen molar-refractivity contribution >= 4 is 29.6 Å². The van der Waals surface area contributed by atoms with E-state index in [2.05, 4.69) is 10.3 Å². The first-order chi connectivity index (χ1) is 13.3. The minimum atomic E-state index is -0.788. The van der Waals surface area contributed by atoms with Gasteiger partial charge in [-0.2, -0.15) is 0 Å². The van der Waals surface area contributed by atoms with E-state index in [1.807, 2.05) is 24.0 Å². The van der Waals surface area contributed by atoms with Crippen molar-refractivity contribution in [2.24, 2.45) is 5.92 Å². The molecule has 9 heteroatoms. The highest BCUT2D eigenvalue weighted by molar-refractivity contribution is 6.44. The van der Waals surface area contributed by atoms with Gasteiger partial charge in [0, 0.05) is 31.2 Å². The first-order valence-electron chi connectivity index (χ1n) is 9.43. The van der Waals surface area contributed by atoms with E-state index >= 15 is 0 Å². The zero-order valence-corrected chi connectivity index (χ0v) is 16.3. The van der Waals surface area contributed by atoms with Crippen molar-refractivity contribution in [3.8, 4) is 0 Å². The van der Waals surface area contributed by atoms with Crippen LogP contribution in [0.25, 0.3) is 0 Å². The summed E-state index contributed by atoms with van der Waals surface area (Å²) in [6.07, 6.45) is 2.87. The lowest BCUT2D eigenvalue weighted by molar-refractivity contribution is -0.144. The zero-order valence-electron chi connectivity index (χ0n) is 16.3. The summed E-state index contributed by atoms with van der Waals surface area (Å²) in [4.78, 5) is 57.0. The maximum absolute atomic E-state index is 12.5. The molecule has 2 aliphatic rings. The normalized spacial score (nSPS) is 19.1. The molecule has 0 radical (unpaired) electrons. The van der Waals surface area contributed by atoms with Crippen molar-refractivity contribution in [3.05, 3.63) is 23.9 Å². The number of urea groups is 1. The summed E-state index contributed by atoms with van der Waals surface area (Å²) >= 11 is 0. The molecule has 2 aliphatic heterocycles. The number of hydrogen-bond acceptors (Lipinski definition) is 6. The van der Waals surface area contributed by atoms with Crippen molar-refractivity contribution in [2.75, 3.05) is 25.1 Å². The average molecular weight is 387 g/mol. The highest BCUT2D eigenvalue weighted by Crippen LogP contribution is 2.22. The van der Waals surface area contributed by atoms with Crippen LogP contribution in [0.5, 0.6) is 0 Å². The van der Waals surface area contributed by atoms with E-state index in [0.717, 1.165) is 15.4 Å². The molecule has 0 aromatic carbocycles. The molecule has 0 saturated carbocycles. The number of carbonyl (C=O) groups is 4. The van der Waals surface area contributed by atoms with Crippen molar-refractivity contribution in [3.63, 3.8) is 0 Å². The minimum Gasteiger partial charge on any atom is -0.310 e. The summed E-state index contributed by atoms with van der Waals surface area (Å²) < 4.78 is 0. The van der Waals surface area contributed by atoms with Gasteiger partial charge in [-0.1, -0.05) is 0 Å². The molecule has 1 aromatic heterocycles. The molecule has 1 N–H and O–H groups in total. The van der Waals surface area contributed by atoms with Gasteiger partial charge >= 0.3 is 17.8 Å². The van der Waals surface area contributed by atoms with E-state index < -0.39 is 17.8 Å². The number of nitrogens with zero attached hydrogens (tertiary/aromatic N) is 4. The molecule has 0 unspecified atom stereocenters. The first kappa shape index (κ1) is 19.9. The number of aryl methyl sites for hydroxylation is 1. The van der Waals surface area contributed by atoms with Crippen LogP contribution >= 0.6 is 0 Å². The number of nitrogens with one attached hydrogen (secondary N) is 1. The maximum Gasteiger partial charge on any atom is 0.335 e. The van der Waals surface area contributed by atoms with Crippen LogP contribution in [0.4, 0.5) is 10.6 Å². The van der Waals surface area contributed by atoms with E-state index in [9.17, 15) is 19.2 Å². The van der Waals surface area contributed by atoms with Gasteiger partial charge in [0.1, 0.15) is 5.82 Å². The standard InChI is InChI=1S/C19H25N5O4/c1-12(2)24-18(27)17(26)23(19(24)28)11-22-8-5-14(6-9-22)16(25)21-15-10-13(3)4-7-20-15/h4,7,10,12,14H,5-6,8-9,11H2,1-3H3,(H,20,21,25). The summed E-state index contributed by atoms with van der Waals surface area (Å²) in [5.41, 5.74) is 1.02. The highest BCUT2D eigenvalue weighted by atomic mass is 16.2. The van der Waals surface area contributed by atoms with E-state index in [0.29, 0.717) is 31.7 Å². The van der Waals surface area contributed by atoms with E-state index in [1.54, 1.807) is 20.0 Å². The molecule has 9 nitrogen and oxygen atoms in total. The molecule has 5 amide bonds. The molecule has 0 atom stereocenters. The first-order valence-corrected chi connectivity index (χ1v) is 9.43. The second-order valence-corrected chi connectivity index (χ2v) is 7.53. The van der Waals surface area contributed by atoms with Crippen molar-refractivity contribution in [1.29, 1.82) is 0 Å². The van der Waals surface area contributed by atoms with Crippen molar-refractivity contribution < 1.29 is 19.2 Å². The van der Waals surface area contributed by atoms with Crippen LogP contribution in [0.1, 0.15) is 32.3 Å². The largest absolute Gasteiger partial charge is 0.335 e. The van der Waals surface area contributed by atoms with Crippen molar-refractivity contribution in [1.82, 2.24) is 19.7 Å². The fourth-order valence-electron chi connectivity index (χ4n) is 3.47. The smallest absolute Gasteiger partial charge is 0.310 e. The van der Waals surface area contributed by atoms with Crippen LogP contribution in [0.15, 0.2) is 18.3 Å². The van der Waals surface area contributed by atoms with Crippen LogP contribution in [0.2, 0.25) is 0 Å². The third kappa shape index (κ3) is 4.04. The predicted octanol–water partition coefficient (Wildman–Crippen LogP) is 1.20. The Morgan fingerprint density at radius 2 is 1.89 bits per heavy atom. The number of hydrogen-bond donors (Lipinski definition) is 1. The number of rotatable bonds is 5. The lowest BCUT2D eigenvalue weighted by Gasteiger charge is -2.33. The second-order valence-electron chi connectivity index (χ2n) is 7.53. The monoisotopic (exact) mass is 387 g/mol. The topological polar surface area (TPSA) is 103 Å². The number of amides is 5. The molecule has 3 rings (SSSR count). The zero-order chi connectivity index (χ0) is 20.4. The van der Waals surface area contributed by atoms with Crippen LogP contribution in [0.3, 0.4) is 0 Å². The van der Waals surface area contributed by atoms with Gasteiger partial charge in [-0.3, -0.25) is 24.2 Å². The number of anilines is 1. The Morgan fingerprint density at radius 1 is 1.21 bits per heavy atom. The van der Waals surface area contributed by atoms with Gasteiger partial charge in [-0.05, 0) is 51.3 Å². The van der Waals surface area contributed by atoms with Gasteiger partial charge in [0.05, 0.1) is 6.67 Å². The number of carbonyl (C=O) groups excluding carboxylic acids is 4. The molecule has 3 heterocycles. The van der Waals surface area contributed by atoms with E-state index in [-0.39, 0.29) is 24.5 Å².